The summed E-state index contributed by atoms with van der Waals surface area (Å²) in [5.41, 5.74) is 2.68. The Labute approximate surface area is 101 Å². The minimum absolute atomic E-state index is 0.140. The van der Waals surface area contributed by atoms with Crippen LogP contribution in [0, 0.1) is 6.92 Å². The third-order valence-electron chi connectivity index (χ3n) is 2.32. The van der Waals surface area contributed by atoms with Crippen LogP contribution in [-0.4, -0.2) is 17.0 Å². The van der Waals surface area contributed by atoms with Crippen molar-refractivity contribution < 1.29 is 18.0 Å². The first-order chi connectivity index (χ1) is 8.41. The normalized spacial score (nSPS) is 11.8. The van der Waals surface area contributed by atoms with Gasteiger partial charge in [-0.25, -0.2) is 9.97 Å². The number of aryl methyl sites for hydroxylation is 1. The highest BCUT2D eigenvalue weighted by molar-refractivity contribution is 5.76. The van der Waals surface area contributed by atoms with Crippen LogP contribution in [0.5, 0.6) is 5.88 Å². The van der Waals surface area contributed by atoms with Gasteiger partial charge in [-0.2, -0.15) is 18.7 Å². The molecule has 0 aliphatic carbocycles. The molecule has 0 spiro atoms. The molecular weight excluding hydrogens is 247 g/mol. The summed E-state index contributed by atoms with van der Waals surface area (Å²) in [4.78, 5) is 13.1. The van der Waals surface area contributed by atoms with Gasteiger partial charge in [-0.1, -0.05) is 0 Å². The zero-order valence-corrected chi connectivity index (χ0v) is 9.67. The summed E-state index contributed by atoms with van der Waals surface area (Å²) in [6, 6.07) is 3.22. The van der Waals surface area contributed by atoms with Crippen LogP contribution in [0.3, 0.4) is 0 Å². The van der Waals surface area contributed by atoms with Gasteiger partial charge in [-0.15, -0.1) is 0 Å². The van der Waals surface area contributed by atoms with Gasteiger partial charge in [0.2, 0.25) is 0 Å². The predicted molar refractivity (Wildman–Crippen MR) is 59.0 cm³/mol. The van der Waals surface area contributed by atoms with Crippen LogP contribution < -0.4 is 10.3 Å². The number of halogens is 3. The van der Waals surface area contributed by atoms with Crippen LogP contribution >= 0.6 is 0 Å². The monoisotopic (exact) mass is 257 g/mol. The maximum absolute atomic E-state index is 12.6. The minimum atomic E-state index is -4.40. The second-order valence-corrected chi connectivity index (χ2v) is 3.62. The smallest absolute Gasteiger partial charge is 0.387 e. The summed E-state index contributed by atoms with van der Waals surface area (Å²) >= 11 is 0. The minimum Gasteiger partial charge on any atom is -0.387 e. The molecule has 0 saturated heterocycles. The number of nitrogens with zero attached hydrogens (tertiary/aromatic N) is 2. The Hall–Kier alpha value is -1.89. The fourth-order valence-corrected chi connectivity index (χ4v) is 1.50. The molecular formula is C11H10F3N3O. The van der Waals surface area contributed by atoms with Crippen molar-refractivity contribution in [1.29, 1.82) is 0 Å². The van der Waals surface area contributed by atoms with Gasteiger partial charge in [0.05, 0.1) is 16.6 Å². The zero-order valence-electron chi connectivity index (χ0n) is 9.67. The number of hydrogen-bond acceptors (Lipinski definition) is 4. The molecule has 0 aliphatic heterocycles. The molecule has 0 bridgehead atoms. The lowest BCUT2D eigenvalue weighted by atomic mass is 10.2. The second kappa shape index (κ2) is 4.41. The van der Waals surface area contributed by atoms with Gasteiger partial charge in [0, 0.05) is 7.05 Å². The maximum Gasteiger partial charge on any atom is 0.416 e. The molecule has 0 unspecified atom stereocenters. The van der Waals surface area contributed by atoms with Gasteiger partial charge in [0.1, 0.15) is 5.69 Å². The molecule has 0 radical (unpaired) electrons. The maximum atomic E-state index is 12.6. The van der Waals surface area contributed by atoms with Gasteiger partial charge in [0.25, 0.3) is 5.88 Å². The number of aromatic nitrogens is 2. The molecule has 1 heterocycles. The van der Waals surface area contributed by atoms with Gasteiger partial charge in [-0.3, -0.25) is 0 Å². The Morgan fingerprint density at radius 2 is 1.89 bits per heavy atom. The van der Waals surface area contributed by atoms with E-state index in [0.717, 1.165) is 12.1 Å². The highest BCUT2D eigenvalue weighted by Gasteiger charge is 2.30. The summed E-state index contributed by atoms with van der Waals surface area (Å²) in [6.45, 7) is 1.66. The second-order valence-electron chi connectivity index (χ2n) is 3.62. The van der Waals surface area contributed by atoms with Crippen molar-refractivity contribution >= 4 is 11.0 Å². The largest absolute Gasteiger partial charge is 0.416 e. The van der Waals surface area contributed by atoms with Crippen molar-refractivity contribution in [2.45, 2.75) is 13.1 Å². The molecule has 2 rings (SSSR count). The van der Waals surface area contributed by atoms with Crippen LogP contribution in [0.15, 0.2) is 18.2 Å². The molecule has 96 valence electrons. The predicted octanol–water partition coefficient (Wildman–Crippen LogP) is 2.47. The average Bonchev–Trinajstić information content (AvgIpc) is 2.28. The van der Waals surface area contributed by atoms with E-state index in [1.807, 2.05) is 0 Å². The first-order valence-electron chi connectivity index (χ1n) is 5.11. The quantitative estimate of drug-likeness (QED) is 0.839. The lowest BCUT2D eigenvalue weighted by Crippen LogP contribution is -2.14. The first kappa shape index (κ1) is 12.6. The molecule has 1 N–H and O–H groups in total. The standard InChI is InChI=1S/C11H10F3N3O/c1-6-10(18-15-2)17-9-5-7(11(12,13)14)3-4-8(9)16-6/h3-5,15H,1-2H3. The fourth-order valence-electron chi connectivity index (χ4n) is 1.50. The van der Waals surface area contributed by atoms with E-state index < -0.39 is 11.7 Å². The summed E-state index contributed by atoms with van der Waals surface area (Å²) < 4.78 is 37.7. The third kappa shape index (κ3) is 2.35. The number of benzene rings is 1. The van der Waals surface area contributed by atoms with Crippen molar-refractivity contribution in [3.05, 3.63) is 29.5 Å². The molecule has 1 aromatic carbocycles. The van der Waals surface area contributed by atoms with E-state index in [1.165, 1.54) is 13.1 Å². The van der Waals surface area contributed by atoms with Crippen LogP contribution in [0.25, 0.3) is 11.0 Å². The molecule has 1 aromatic heterocycles. The van der Waals surface area contributed by atoms with E-state index in [2.05, 4.69) is 15.4 Å². The number of hydroxylamine groups is 1. The number of rotatable bonds is 2. The fraction of sp³-hybridized carbons (Fsp3) is 0.273. The Kier molecular flexibility index (Phi) is 3.08. The summed E-state index contributed by atoms with van der Waals surface area (Å²) in [5.74, 6) is 0.157. The molecule has 0 atom stereocenters. The van der Waals surface area contributed by atoms with Crippen molar-refractivity contribution in [2.24, 2.45) is 0 Å². The van der Waals surface area contributed by atoms with Crippen LogP contribution in [0.1, 0.15) is 11.3 Å². The van der Waals surface area contributed by atoms with E-state index in [0.29, 0.717) is 11.2 Å². The Bertz CT molecular complexity index is 583. The van der Waals surface area contributed by atoms with E-state index in [-0.39, 0.29) is 11.4 Å². The average molecular weight is 257 g/mol. The molecule has 0 aliphatic rings. The molecule has 18 heavy (non-hydrogen) atoms. The number of fused-ring (bicyclic) bond motifs is 1. The molecule has 2 aromatic rings. The van der Waals surface area contributed by atoms with E-state index >= 15 is 0 Å². The van der Waals surface area contributed by atoms with E-state index in [1.54, 1.807) is 6.92 Å². The zero-order chi connectivity index (χ0) is 13.3. The summed E-state index contributed by atoms with van der Waals surface area (Å²) in [7, 11) is 1.53. The van der Waals surface area contributed by atoms with Crippen molar-refractivity contribution in [1.82, 2.24) is 15.4 Å². The Morgan fingerprint density at radius 1 is 1.17 bits per heavy atom. The number of nitrogens with one attached hydrogen (secondary N) is 1. The molecule has 7 heteroatoms. The Balaban J connectivity index is 2.58. The van der Waals surface area contributed by atoms with Gasteiger partial charge in [-0.05, 0) is 25.1 Å². The summed E-state index contributed by atoms with van der Waals surface area (Å²) in [6.07, 6.45) is -4.40. The number of hydrogen-bond donors (Lipinski definition) is 1. The summed E-state index contributed by atoms with van der Waals surface area (Å²) in [5, 5.41) is 0. The van der Waals surface area contributed by atoms with Crippen LogP contribution in [0.4, 0.5) is 13.2 Å². The van der Waals surface area contributed by atoms with E-state index in [9.17, 15) is 13.2 Å². The molecule has 0 saturated carbocycles. The highest BCUT2D eigenvalue weighted by Crippen LogP contribution is 2.31. The van der Waals surface area contributed by atoms with Gasteiger partial charge >= 0.3 is 6.18 Å². The Morgan fingerprint density at radius 3 is 2.50 bits per heavy atom. The topological polar surface area (TPSA) is 47.0 Å². The molecule has 4 nitrogen and oxygen atoms in total. The molecule has 0 amide bonds. The molecule has 0 fully saturated rings. The van der Waals surface area contributed by atoms with Gasteiger partial charge < -0.3 is 4.84 Å². The van der Waals surface area contributed by atoms with E-state index in [4.69, 9.17) is 4.84 Å². The van der Waals surface area contributed by atoms with Crippen LogP contribution in [-0.2, 0) is 6.18 Å². The van der Waals surface area contributed by atoms with Crippen molar-refractivity contribution in [3.63, 3.8) is 0 Å². The van der Waals surface area contributed by atoms with Crippen molar-refractivity contribution in [2.75, 3.05) is 7.05 Å². The van der Waals surface area contributed by atoms with Gasteiger partial charge in [0.15, 0.2) is 0 Å². The number of alkyl halides is 3. The first-order valence-corrected chi connectivity index (χ1v) is 5.11. The SMILES string of the molecule is CNOc1nc2cc(C(F)(F)F)ccc2nc1C. The van der Waals surface area contributed by atoms with Crippen LogP contribution in [0.2, 0.25) is 0 Å². The lowest BCUT2D eigenvalue weighted by Gasteiger charge is -2.09. The highest BCUT2D eigenvalue weighted by atomic mass is 19.4. The lowest BCUT2D eigenvalue weighted by molar-refractivity contribution is -0.137. The van der Waals surface area contributed by atoms with Crippen molar-refractivity contribution in [3.8, 4) is 5.88 Å². The third-order valence-corrected chi connectivity index (χ3v) is 2.32.